The van der Waals surface area contributed by atoms with Crippen molar-refractivity contribution in [1.29, 1.82) is 0 Å². The zero-order valence-electron chi connectivity index (χ0n) is 8.91. The van der Waals surface area contributed by atoms with Crippen LogP contribution < -0.4 is 11.1 Å². The molecule has 0 heterocycles. The van der Waals surface area contributed by atoms with Gasteiger partial charge in [-0.25, -0.2) is 4.39 Å². The number of benzene rings is 1. The van der Waals surface area contributed by atoms with E-state index in [1.165, 1.54) is 12.1 Å². The molecular weight excluding hydrogens is 191 g/mol. The summed E-state index contributed by atoms with van der Waals surface area (Å²) < 4.78 is 12.7. The first-order valence-corrected chi connectivity index (χ1v) is 5.42. The van der Waals surface area contributed by atoms with Crippen molar-refractivity contribution >= 4 is 0 Å². The van der Waals surface area contributed by atoms with Gasteiger partial charge in [-0.05, 0) is 37.5 Å². The fraction of sp³-hybridized carbons (Fsp3) is 0.500. The van der Waals surface area contributed by atoms with Gasteiger partial charge in [0, 0.05) is 18.1 Å². The zero-order chi connectivity index (χ0) is 10.8. The van der Waals surface area contributed by atoms with Crippen LogP contribution in [0.1, 0.15) is 31.4 Å². The fourth-order valence-corrected chi connectivity index (χ4v) is 2.00. The zero-order valence-corrected chi connectivity index (χ0v) is 8.91. The Morgan fingerprint density at radius 2 is 1.93 bits per heavy atom. The number of hydrogen-bond donors (Lipinski definition) is 2. The monoisotopic (exact) mass is 208 g/mol. The van der Waals surface area contributed by atoms with Crippen LogP contribution in [0, 0.1) is 5.82 Å². The Balaban J connectivity index is 1.90. The molecule has 2 rings (SSSR count). The molecule has 1 fully saturated rings. The Hall–Kier alpha value is -0.930. The Morgan fingerprint density at radius 1 is 1.33 bits per heavy atom. The molecule has 0 radical (unpaired) electrons. The van der Waals surface area contributed by atoms with Gasteiger partial charge in [0.1, 0.15) is 5.82 Å². The average Bonchev–Trinajstić information content (AvgIpc) is 2.16. The van der Waals surface area contributed by atoms with Gasteiger partial charge in [-0.3, -0.25) is 0 Å². The predicted molar refractivity (Wildman–Crippen MR) is 58.9 cm³/mol. The lowest BCUT2D eigenvalue weighted by Crippen LogP contribution is -2.49. The van der Waals surface area contributed by atoms with E-state index < -0.39 is 0 Å². The fourth-order valence-electron chi connectivity index (χ4n) is 2.00. The molecule has 15 heavy (non-hydrogen) atoms. The number of hydrogen-bond acceptors (Lipinski definition) is 2. The summed E-state index contributed by atoms with van der Waals surface area (Å²) in [7, 11) is 0. The normalized spacial score (nSPS) is 27.1. The number of halogens is 1. The third-order valence-electron chi connectivity index (χ3n) is 3.03. The summed E-state index contributed by atoms with van der Waals surface area (Å²) in [6, 6.07) is 7.81. The maximum atomic E-state index is 12.7. The van der Waals surface area contributed by atoms with E-state index in [2.05, 4.69) is 12.2 Å². The molecule has 0 amide bonds. The molecule has 1 aromatic rings. The van der Waals surface area contributed by atoms with E-state index in [1.807, 2.05) is 12.1 Å². The SMILES string of the molecule is C[C@H](NC1CC(N)C1)c1ccc(F)cc1. The van der Waals surface area contributed by atoms with Crippen LogP contribution in [0.4, 0.5) is 4.39 Å². The Bertz CT molecular complexity index is 317. The summed E-state index contributed by atoms with van der Waals surface area (Å²) in [6.45, 7) is 2.09. The van der Waals surface area contributed by atoms with Crippen LogP contribution in [0.5, 0.6) is 0 Å². The van der Waals surface area contributed by atoms with Crippen LogP contribution in [-0.4, -0.2) is 12.1 Å². The van der Waals surface area contributed by atoms with E-state index in [0.29, 0.717) is 12.1 Å². The van der Waals surface area contributed by atoms with Crippen molar-refractivity contribution in [3.05, 3.63) is 35.6 Å². The highest BCUT2D eigenvalue weighted by atomic mass is 19.1. The highest BCUT2D eigenvalue weighted by Gasteiger charge is 2.26. The second-order valence-electron chi connectivity index (χ2n) is 4.37. The molecule has 0 aromatic heterocycles. The van der Waals surface area contributed by atoms with Crippen molar-refractivity contribution in [1.82, 2.24) is 5.32 Å². The summed E-state index contributed by atoms with van der Waals surface area (Å²) >= 11 is 0. The average molecular weight is 208 g/mol. The molecule has 82 valence electrons. The molecule has 2 nitrogen and oxygen atoms in total. The summed E-state index contributed by atoms with van der Waals surface area (Å²) in [5, 5.41) is 3.48. The van der Waals surface area contributed by atoms with Gasteiger partial charge in [-0.2, -0.15) is 0 Å². The molecule has 0 bridgehead atoms. The van der Waals surface area contributed by atoms with Crippen molar-refractivity contribution < 1.29 is 4.39 Å². The van der Waals surface area contributed by atoms with Crippen LogP contribution in [0.15, 0.2) is 24.3 Å². The van der Waals surface area contributed by atoms with Crippen molar-refractivity contribution in [2.24, 2.45) is 5.73 Å². The van der Waals surface area contributed by atoms with E-state index >= 15 is 0 Å². The van der Waals surface area contributed by atoms with Gasteiger partial charge in [-0.15, -0.1) is 0 Å². The van der Waals surface area contributed by atoms with Gasteiger partial charge in [-0.1, -0.05) is 12.1 Å². The van der Waals surface area contributed by atoms with Gasteiger partial charge in [0.2, 0.25) is 0 Å². The van der Waals surface area contributed by atoms with Crippen LogP contribution >= 0.6 is 0 Å². The molecule has 3 heteroatoms. The first-order valence-electron chi connectivity index (χ1n) is 5.42. The molecule has 1 atom stereocenters. The number of nitrogens with two attached hydrogens (primary N) is 1. The van der Waals surface area contributed by atoms with Gasteiger partial charge >= 0.3 is 0 Å². The quantitative estimate of drug-likeness (QED) is 0.797. The minimum atomic E-state index is -0.184. The van der Waals surface area contributed by atoms with E-state index in [0.717, 1.165) is 18.4 Å². The smallest absolute Gasteiger partial charge is 0.123 e. The van der Waals surface area contributed by atoms with Gasteiger partial charge < -0.3 is 11.1 Å². The molecule has 0 unspecified atom stereocenters. The lowest BCUT2D eigenvalue weighted by atomic mass is 9.87. The van der Waals surface area contributed by atoms with E-state index in [-0.39, 0.29) is 11.9 Å². The third-order valence-corrected chi connectivity index (χ3v) is 3.03. The maximum Gasteiger partial charge on any atom is 0.123 e. The predicted octanol–water partition coefficient (Wildman–Crippen LogP) is 1.97. The van der Waals surface area contributed by atoms with Crippen LogP contribution in [0.2, 0.25) is 0 Å². The van der Waals surface area contributed by atoms with Crippen molar-refractivity contribution in [3.8, 4) is 0 Å². The highest BCUT2D eigenvalue weighted by molar-refractivity contribution is 5.19. The van der Waals surface area contributed by atoms with Gasteiger partial charge in [0.25, 0.3) is 0 Å². The van der Waals surface area contributed by atoms with Crippen LogP contribution in [0.25, 0.3) is 0 Å². The standard InChI is InChI=1S/C12H17FN2/c1-8(15-12-6-11(14)7-12)9-2-4-10(13)5-3-9/h2-5,8,11-12,15H,6-7,14H2,1H3/t8-,11?,12?/m0/s1. The second kappa shape index (κ2) is 4.29. The molecule has 0 aliphatic heterocycles. The third kappa shape index (κ3) is 2.55. The molecule has 1 aliphatic rings. The highest BCUT2D eigenvalue weighted by Crippen LogP contribution is 2.22. The molecule has 0 saturated heterocycles. The number of nitrogens with one attached hydrogen (secondary N) is 1. The second-order valence-corrected chi connectivity index (χ2v) is 4.37. The largest absolute Gasteiger partial charge is 0.328 e. The van der Waals surface area contributed by atoms with Gasteiger partial charge in [0.15, 0.2) is 0 Å². The summed E-state index contributed by atoms with van der Waals surface area (Å²) in [5.74, 6) is -0.184. The first kappa shape index (κ1) is 10.6. The molecular formula is C12H17FN2. The first-order chi connectivity index (χ1) is 7.15. The van der Waals surface area contributed by atoms with Crippen LogP contribution in [-0.2, 0) is 0 Å². The van der Waals surface area contributed by atoms with Crippen molar-refractivity contribution in [3.63, 3.8) is 0 Å². The maximum absolute atomic E-state index is 12.7. The van der Waals surface area contributed by atoms with Gasteiger partial charge in [0.05, 0.1) is 0 Å². The number of rotatable bonds is 3. The van der Waals surface area contributed by atoms with Crippen molar-refractivity contribution in [2.45, 2.75) is 37.9 Å². The Morgan fingerprint density at radius 3 is 2.47 bits per heavy atom. The molecule has 1 saturated carbocycles. The lowest BCUT2D eigenvalue weighted by Gasteiger charge is -2.35. The molecule has 3 N–H and O–H groups in total. The lowest BCUT2D eigenvalue weighted by molar-refractivity contribution is 0.272. The minimum Gasteiger partial charge on any atom is -0.328 e. The topological polar surface area (TPSA) is 38.0 Å². The Labute approximate surface area is 89.7 Å². The molecule has 1 aliphatic carbocycles. The molecule has 1 aromatic carbocycles. The minimum absolute atomic E-state index is 0.184. The summed E-state index contributed by atoms with van der Waals surface area (Å²) in [4.78, 5) is 0. The molecule has 0 spiro atoms. The van der Waals surface area contributed by atoms with Crippen molar-refractivity contribution in [2.75, 3.05) is 0 Å². The van der Waals surface area contributed by atoms with E-state index in [1.54, 1.807) is 0 Å². The van der Waals surface area contributed by atoms with E-state index in [4.69, 9.17) is 5.73 Å². The van der Waals surface area contributed by atoms with Crippen LogP contribution in [0.3, 0.4) is 0 Å². The van der Waals surface area contributed by atoms with E-state index in [9.17, 15) is 4.39 Å². The Kier molecular flexibility index (Phi) is 3.03. The summed E-state index contributed by atoms with van der Waals surface area (Å²) in [5.41, 5.74) is 6.84. The summed E-state index contributed by atoms with van der Waals surface area (Å²) in [6.07, 6.45) is 2.09.